The van der Waals surface area contributed by atoms with Crippen LogP contribution in [0.2, 0.25) is 0 Å². The van der Waals surface area contributed by atoms with Crippen LogP contribution in [0.4, 0.5) is 5.69 Å². The monoisotopic (exact) mass is 517 g/mol. The molecule has 0 saturated carbocycles. The number of likely N-dealkylation sites (N-methyl/N-ethyl adjacent to an activating group) is 1. The van der Waals surface area contributed by atoms with Crippen LogP contribution in [-0.2, 0) is 26.2 Å². The number of benzene rings is 2. The lowest BCUT2D eigenvalue weighted by Crippen LogP contribution is -2.49. The van der Waals surface area contributed by atoms with Gasteiger partial charge >= 0.3 is 0 Å². The number of nitrogens with zero attached hydrogens (tertiary/aromatic N) is 2. The fourth-order valence-corrected chi connectivity index (χ4v) is 4.98. The van der Waals surface area contributed by atoms with Crippen LogP contribution in [0, 0.1) is 13.8 Å². The van der Waals surface area contributed by atoms with Gasteiger partial charge < -0.3 is 15.0 Å². The van der Waals surface area contributed by atoms with E-state index in [2.05, 4.69) is 5.32 Å². The molecule has 0 spiro atoms. The number of carbonyl (C=O) groups is 2. The molecule has 2 aromatic rings. The quantitative estimate of drug-likeness (QED) is 0.436. The van der Waals surface area contributed by atoms with Gasteiger partial charge in [0.15, 0.2) is 0 Å². The Morgan fingerprint density at radius 3 is 2.22 bits per heavy atom. The summed E-state index contributed by atoms with van der Waals surface area (Å²) in [6.45, 7) is 8.53. The summed E-state index contributed by atoms with van der Waals surface area (Å²) in [6.07, 6.45) is 2.07. The summed E-state index contributed by atoms with van der Waals surface area (Å²) in [4.78, 5) is 27.7. The van der Waals surface area contributed by atoms with Gasteiger partial charge in [-0.25, -0.2) is 8.42 Å². The van der Waals surface area contributed by atoms with Gasteiger partial charge in [-0.15, -0.1) is 0 Å². The highest BCUT2D eigenvalue weighted by atomic mass is 32.2. The first-order chi connectivity index (χ1) is 17.0. The lowest BCUT2D eigenvalue weighted by molar-refractivity contribution is -0.141. The number of aryl methyl sites for hydroxylation is 2. The highest BCUT2D eigenvalue weighted by Gasteiger charge is 2.28. The molecular weight excluding hydrogens is 478 g/mol. The Morgan fingerprint density at radius 1 is 1.03 bits per heavy atom. The molecule has 198 valence electrons. The molecule has 0 unspecified atom stereocenters. The van der Waals surface area contributed by atoms with Crippen LogP contribution in [0.3, 0.4) is 0 Å². The van der Waals surface area contributed by atoms with Crippen LogP contribution in [0.25, 0.3) is 0 Å². The smallest absolute Gasteiger partial charge is 0.242 e. The summed E-state index contributed by atoms with van der Waals surface area (Å²) in [7, 11) is -1.94. The molecular formula is C27H39N3O5S. The second kappa shape index (κ2) is 13.3. The number of sulfonamides is 1. The summed E-state index contributed by atoms with van der Waals surface area (Å²) in [5, 5.41) is 2.82. The number of carbonyl (C=O) groups excluding carboxylic acids is 2. The molecule has 0 aliphatic rings. The van der Waals surface area contributed by atoms with Crippen molar-refractivity contribution in [1.29, 1.82) is 0 Å². The number of hydrogen-bond donors (Lipinski definition) is 1. The predicted octanol–water partition coefficient (Wildman–Crippen LogP) is 3.80. The third-order valence-corrected chi connectivity index (χ3v) is 7.37. The third-order valence-electron chi connectivity index (χ3n) is 6.18. The molecule has 8 nitrogen and oxygen atoms in total. The van der Waals surface area contributed by atoms with E-state index in [1.807, 2.05) is 64.1 Å². The number of methoxy groups -OCH3 is 1. The number of ether oxygens (including phenoxy) is 1. The van der Waals surface area contributed by atoms with E-state index in [1.54, 1.807) is 18.1 Å². The average Bonchev–Trinajstić information content (AvgIpc) is 2.83. The lowest BCUT2D eigenvalue weighted by Gasteiger charge is -2.31. The topological polar surface area (TPSA) is 96.0 Å². The number of anilines is 1. The van der Waals surface area contributed by atoms with E-state index in [0.717, 1.165) is 16.7 Å². The van der Waals surface area contributed by atoms with Crippen molar-refractivity contribution in [3.63, 3.8) is 0 Å². The van der Waals surface area contributed by atoms with Crippen LogP contribution < -0.4 is 14.4 Å². The minimum absolute atomic E-state index is 0.114. The average molecular weight is 518 g/mol. The highest BCUT2D eigenvalue weighted by molar-refractivity contribution is 7.92. The molecule has 0 bridgehead atoms. The standard InChI is InChI=1S/C27H39N3O5S/c1-7-25(27(32)28-8-2)29(19-22-12-15-24(35-5)16-13-22)26(31)10-9-17-30(36(6,33)34)23-14-11-20(3)21(4)18-23/h11-16,18,25H,7-10,17,19H2,1-6H3,(H,28,32)/t25-/m0/s1. The van der Waals surface area contributed by atoms with Crippen molar-refractivity contribution < 1.29 is 22.7 Å². The summed E-state index contributed by atoms with van der Waals surface area (Å²) >= 11 is 0. The molecule has 0 saturated heterocycles. The zero-order valence-electron chi connectivity index (χ0n) is 22.2. The van der Waals surface area contributed by atoms with Gasteiger partial charge in [-0.05, 0) is 74.6 Å². The molecule has 0 aliphatic carbocycles. The highest BCUT2D eigenvalue weighted by Crippen LogP contribution is 2.23. The maximum absolute atomic E-state index is 13.4. The molecule has 2 amide bonds. The van der Waals surface area contributed by atoms with Crippen molar-refractivity contribution in [3.8, 4) is 5.75 Å². The van der Waals surface area contributed by atoms with Gasteiger partial charge in [0.25, 0.3) is 0 Å². The van der Waals surface area contributed by atoms with E-state index in [-0.39, 0.29) is 31.3 Å². The molecule has 0 fully saturated rings. The van der Waals surface area contributed by atoms with E-state index in [0.29, 0.717) is 30.8 Å². The zero-order chi connectivity index (χ0) is 26.9. The SMILES string of the molecule is CCNC(=O)[C@H](CC)N(Cc1ccc(OC)cc1)C(=O)CCCN(c1ccc(C)c(C)c1)S(C)(=O)=O. The first-order valence-electron chi connectivity index (χ1n) is 12.3. The number of amides is 2. The Hall–Kier alpha value is -3.07. The van der Waals surface area contributed by atoms with Crippen LogP contribution in [0.5, 0.6) is 5.75 Å². The van der Waals surface area contributed by atoms with Gasteiger partial charge in [-0.1, -0.05) is 25.1 Å². The molecule has 0 aromatic heterocycles. The fourth-order valence-electron chi connectivity index (χ4n) is 4.02. The van der Waals surface area contributed by atoms with E-state index in [9.17, 15) is 18.0 Å². The third kappa shape index (κ3) is 7.98. The molecule has 9 heteroatoms. The number of nitrogens with one attached hydrogen (secondary N) is 1. The van der Waals surface area contributed by atoms with Crippen molar-refractivity contribution in [2.24, 2.45) is 0 Å². The molecule has 2 rings (SSSR count). The predicted molar refractivity (Wildman–Crippen MR) is 144 cm³/mol. The van der Waals surface area contributed by atoms with Gasteiger partial charge in [0, 0.05) is 26.1 Å². The van der Waals surface area contributed by atoms with Gasteiger partial charge in [-0.2, -0.15) is 0 Å². The molecule has 0 heterocycles. The number of rotatable bonds is 13. The molecule has 1 N–H and O–H groups in total. The lowest BCUT2D eigenvalue weighted by atomic mass is 10.1. The zero-order valence-corrected chi connectivity index (χ0v) is 23.0. The van der Waals surface area contributed by atoms with Crippen LogP contribution in [0.15, 0.2) is 42.5 Å². The Morgan fingerprint density at radius 2 is 1.69 bits per heavy atom. The van der Waals surface area contributed by atoms with E-state index < -0.39 is 16.1 Å². The number of hydrogen-bond acceptors (Lipinski definition) is 5. The molecule has 36 heavy (non-hydrogen) atoms. The first kappa shape index (κ1) is 29.2. The van der Waals surface area contributed by atoms with Crippen LogP contribution in [-0.4, -0.2) is 57.6 Å². The summed E-state index contributed by atoms with van der Waals surface area (Å²) in [5.74, 6) is 0.312. The van der Waals surface area contributed by atoms with Crippen molar-refractivity contribution in [3.05, 3.63) is 59.2 Å². The van der Waals surface area contributed by atoms with Gasteiger partial charge in [-0.3, -0.25) is 13.9 Å². The maximum atomic E-state index is 13.4. The summed E-state index contributed by atoms with van der Waals surface area (Å²) in [6, 6.07) is 12.3. The molecule has 0 radical (unpaired) electrons. The Labute approximate surface area is 215 Å². The second-order valence-corrected chi connectivity index (χ2v) is 10.8. The van der Waals surface area contributed by atoms with Gasteiger partial charge in [0.1, 0.15) is 11.8 Å². The minimum atomic E-state index is -3.53. The van der Waals surface area contributed by atoms with Crippen LogP contribution >= 0.6 is 0 Å². The summed E-state index contributed by atoms with van der Waals surface area (Å²) < 4.78 is 31.6. The van der Waals surface area contributed by atoms with Gasteiger partial charge in [0.2, 0.25) is 21.8 Å². The Kier molecular flexibility index (Phi) is 10.8. The fraction of sp³-hybridized carbons (Fsp3) is 0.481. The van der Waals surface area contributed by atoms with Crippen molar-refractivity contribution >= 4 is 27.5 Å². The van der Waals surface area contributed by atoms with E-state index in [1.165, 1.54) is 10.6 Å². The molecule has 1 atom stereocenters. The van der Waals surface area contributed by atoms with Crippen molar-refractivity contribution in [2.45, 2.75) is 59.5 Å². The molecule has 0 aliphatic heterocycles. The largest absolute Gasteiger partial charge is 0.497 e. The van der Waals surface area contributed by atoms with Crippen molar-refractivity contribution in [2.75, 3.05) is 30.8 Å². The van der Waals surface area contributed by atoms with Gasteiger partial charge in [0.05, 0.1) is 19.1 Å². The normalized spacial score (nSPS) is 12.1. The second-order valence-electron chi connectivity index (χ2n) is 8.90. The van der Waals surface area contributed by atoms with E-state index >= 15 is 0 Å². The van der Waals surface area contributed by atoms with E-state index in [4.69, 9.17) is 4.74 Å². The minimum Gasteiger partial charge on any atom is -0.497 e. The maximum Gasteiger partial charge on any atom is 0.242 e. The molecule has 2 aromatic carbocycles. The first-order valence-corrected chi connectivity index (χ1v) is 14.1. The van der Waals surface area contributed by atoms with Crippen LogP contribution in [0.1, 0.15) is 49.8 Å². The summed E-state index contributed by atoms with van der Waals surface area (Å²) in [5.41, 5.74) is 3.53. The Balaban J connectivity index is 2.21. The van der Waals surface area contributed by atoms with Crippen molar-refractivity contribution in [1.82, 2.24) is 10.2 Å². The Bertz CT molecular complexity index is 1130.